The minimum absolute atomic E-state index is 0.0367. The summed E-state index contributed by atoms with van der Waals surface area (Å²) in [5, 5.41) is 3.99. The van der Waals surface area contributed by atoms with Gasteiger partial charge in [0, 0.05) is 19.5 Å². The fourth-order valence-corrected chi connectivity index (χ4v) is 2.81. The SMILES string of the molecule is CN(C)c1nc(NC2C=CS(=O)(=O)C2)ncc1F. The largest absolute Gasteiger partial charge is 0.360 e. The number of nitrogens with zero attached hydrogens (tertiary/aromatic N) is 3. The van der Waals surface area contributed by atoms with E-state index in [0.717, 1.165) is 11.6 Å². The van der Waals surface area contributed by atoms with Crippen LogP contribution in [-0.4, -0.2) is 44.3 Å². The maximum Gasteiger partial charge on any atom is 0.225 e. The third kappa shape index (κ3) is 2.76. The summed E-state index contributed by atoms with van der Waals surface area (Å²) < 4.78 is 35.8. The highest BCUT2D eigenvalue weighted by Gasteiger charge is 2.22. The van der Waals surface area contributed by atoms with Crippen LogP contribution in [0, 0.1) is 5.82 Å². The molecule has 0 spiro atoms. The van der Waals surface area contributed by atoms with Gasteiger partial charge in [-0.25, -0.2) is 17.8 Å². The van der Waals surface area contributed by atoms with Gasteiger partial charge < -0.3 is 10.2 Å². The Balaban J connectivity index is 2.16. The summed E-state index contributed by atoms with van der Waals surface area (Å²) in [6, 6.07) is -0.379. The van der Waals surface area contributed by atoms with E-state index in [-0.39, 0.29) is 23.6 Å². The second kappa shape index (κ2) is 4.52. The zero-order valence-electron chi connectivity index (χ0n) is 9.96. The van der Waals surface area contributed by atoms with Gasteiger partial charge >= 0.3 is 0 Å². The Morgan fingerprint density at radius 3 is 2.78 bits per heavy atom. The number of aromatic nitrogens is 2. The lowest BCUT2D eigenvalue weighted by atomic mass is 10.3. The molecule has 2 rings (SSSR count). The lowest BCUT2D eigenvalue weighted by Gasteiger charge is -2.15. The fourth-order valence-electron chi connectivity index (χ4n) is 1.57. The molecule has 1 atom stereocenters. The van der Waals surface area contributed by atoms with Crippen LogP contribution >= 0.6 is 0 Å². The van der Waals surface area contributed by atoms with Gasteiger partial charge in [0.25, 0.3) is 0 Å². The summed E-state index contributed by atoms with van der Waals surface area (Å²) in [6.45, 7) is 0. The molecule has 1 aliphatic rings. The summed E-state index contributed by atoms with van der Waals surface area (Å²) in [6.07, 6.45) is 2.58. The molecule has 98 valence electrons. The van der Waals surface area contributed by atoms with Crippen molar-refractivity contribution in [1.29, 1.82) is 0 Å². The van der Waals surface area contributed by atoms with Gasteiger partial charge in [0.05, 0.1) is 18.0 Å². The molecule has 1 aromatic heterocycles. The molecule has 0 radical (unpaired) electrons. The predicted octanol–water partition coefficient (Wildman–Crippen LogP) is 0.404. The molecule has 1 aromatic rings. The van der Waals surface area contributed by atoms with Gasteiger partial charge in [-0.1, -0.05) is 0 Å². The first-order valence-electron chi connectivity index (χ1n) is 5.25. The molecule has 6 nitrogen and oxygen atoms in total. The molecular weight excluding hydrogens is 259 g/mol. The lowest BCUT2D eigenvalue weighted by Crippen LogP contribution is -2.23. The molecule has 0 saturated heterocycles. The zero-order valence-corrected chi connectivity index (χ0v) is 10.8. The molecule has 0 aromatic carbocycles. The minimum Gasteiger partial charge on any atom is -0.360 e. The number of sulfone groups is 1. The number of hydrogen-bond donors (Lipinski definition) is 1. The van der Waals surface area contributed by atoms with E-state index >= 15 is 0 Å². The standard InChI is InChI=1S/C10H13FN4O2S/c1-15(2)9-8(11)5-12-10(14-9)13-7-3-4-18(16,17)6-7/h3-5,7H,6H2,1-2H3,(H,12,13,14). The Morgan fingerprint density at radius 2 is 2.22 bits per heavy atom. The van der Waals surface area contributed by atoms with Crippen LogP contribution in [0.2, 0.25) is 0 Å². The smallest absolute Gasteiger partial charge is 0.225 e. The van der Waals surface area contributed by atoms with Crippen molar-refractivity contribution in [2.45, 2.75) is 6.04 Å². The Kier molecular flexibility index (Phi) is 3.20. The van der Waals surface area contributed by atoms with Crippen LogP contribution in [0.4, 0.5) is 16.2 Å². The van der Waals surface area contributed by atoms with Gasteiger partial charge in [-0.3, -0.25) is 0 Å². The quantitative estimate of drug-likeness (QED) is 0.858. The van der Waals surface area contributed by atoms with Crippen molar-refractivity contribution >= 4 is 21.6 Å². The summed E-state index contributed by atoms with van der Waals surface area (Å²) in [5.74, 6) is -0.213. The van der Waals surface area contributed by atoms with Gasteiger partial charge in [-0.05, 0) is 6.08 Å². The Bertz CT molecular complexity index is 586. The van der Waals surface area contributed by atoms with Crippen molar-refractivity contribution in [3.8, 4) is 0 Å². The highest BCUT2D eigenvalue weighted by Crippen LogP contribution is 2.17. The number of halogens is 1. The zero-order chi connectivity index (χ0) is 13.3. The Hall–Kier alpha value is -1.70. The first-order valence-corrected chi connectivity index (χ1v) is 6.96. The third-order valence-corrected chi connectivity index (χ3v) is 3.79. The van der Waals surface area contributed by atoms with Gasteiger partial charge in [0.2, 0.25) is 5.95 Å². The predicted molar refractivity (Wildman–Crippen MR) is 66.7 cm³/mol. The number of hydrogen-bond acceptors (Lipinski definition) is 6. The third-order valence-electron chi connectivity index (χ3n) is 2.39. The molecule has 1 N–H and O–H groups in total. The molecule has 0 amide bonds. The number of anilines is 2. The number of nitrogens with one attached hydrogen (secondary N) is 1. The van der Waals surface area contributed by atoms with E-state index in [1.807, 2.05) is 0 Å². The molecule has 18 heavy (non-hydrogen) atoms. The van der Waals surface area contributed by atoms with Crippen LogP contribution < -0.4 is 10.2 Å². The van der Waals surface area contributed by atoms with E-state index in [2.05, 4.69) is 15.3 Å². The lowest BCUT2D eigenvalue weighted by molar-refractivity contribution is 0.604. The molecule has 0 bridgehead atoms. The first-order chi connectivity index (χ1) is 8.37. The molecule has 1 aliphatic heterocycles. The molecular formula is C10H13FN4O2S. The highest BCUT2D eigenvalue weighted by molar-refractivity contribution is 7.94. The maximum absolute atomic E-state index is 13.4. The second-order valence-electron chi connectivity index (χ2n) is 4.17. The van der Waals surface area contributed by atoms with Gasteiger partial charge in [-0.15, -0.1) is 0 Å². The minimum atomic E-state index is -3.13. The van der Waals surface area contributed by atoms with Crippen LogP contribution in [-0.2, 0) is 9.84 Å². The van der Waals surface area contributed by atoms with Gasteiger partial charge in [0.15, 0.2) is 21.5 Å². The van der Waals surface area contributed by atoms with E-state index in [9.17, 15) is 12.8 Å². The van der Waals surface area contributed by atoms with Crippen molar-refractivity contribution in [3.05, 3.63) is 23.5 Å². The van der Waals surface area contributed by atoms with Crippen LogP contribution in [0.3, 0.4) is 0 Å². The monoisotopic (exact) mass is 272 g/mol. The first kappa shape index (κ1) is 12.7. The normalized spacial score (nSPS) is 20.9. The molecule has 1 unspecified atom stereocenters. The van der Waals surface area contributed by atoms with E-state index < -0.39 is 15.7 Å². The van der Waals surface area contributed by atoms with E-state index in [1.54, 1.807) is 14.1 Å². The summed E-state index contributed by atoms with van der Waals surface area (Å²) >= 11 is 0. The van der Waals surface area contributed by atoms with E-state index in [1.165, 1.54) is 11.0 Å². The summed E-state index contributed by atoms with van der Waals surface area (Å²) in [5.41, 5.74) is 0. The van der Waals surface area contributed by atoms with Crippen molar-refractivity contribution < 1.29 is 12.8 Å². The summed E-state index contributed by atoms with van der Waals surface area (Å²) in [4.78, 5) is 9.28. The average molecular weight is 272 g/mol. The summed E-state index contributed by atoms with van der Waals surface area (Å²) in [7, 11) is 0.190. The van der Waals surface area contributed by atoms with E-state index in [4.69, 9.17) is 0 Å². The highest BCUT2D eigenvalue weighted by atomic mass is 32.2. The van der Waals surface area contributed by atoms with Crippen LogP contribution in [0.25, 0.3) is 0 Å². The van der Waals surface area contributed by atoms with Crippen LogP contribution in [0.15, 0.2) is 17.7 Å². The molecule has 0 saturated carbocycles. The van der Waals surface area contributed by atoms with Crippen molar-refractivity contribution in [2.24, 2.45) is 0 Å². The molecule has 0 fully saturated rings. The average Bonchev–Trinajstić information content (AvgIpc) is 2.60. The fraction of sp³-hybridized carbons (Fsp3) is 0.400. The van der Waals surface area contributed by atoms with Crippen LogP contribution in [0.5, 0.6) is 0 Å². The van der Waals surface area contributed by atoms with Crippen LogP contribution in [0.1, 0.15) is 0 Å². The number of rotatable bonds is 3. The van der Waals surface area contributed by atoms with Crippen molar-refractivity contribution in [1.82, 2.24) is 9.97 Å². The van der Waals surface area contributed by atoms with Crippen molar-refractivity contribution in [2.75, 3.05) is 30.1 Å². The second-order valence-corrected chi connectivity index (χ2v) is 6.10. The van der Waals surface area contributed by atoms with E-state index in [0.29, 0.717) is 0 Å². The molecule has 2 heterocycles. The Morgan fingerprint density at radius 1 is 1.50 bits per heavy atom. The molecule has 8 heteroatoms. The van der Waals surface area contributed by atoms with Gasteiger partial charge in [0.1, 0.15) is 0 Å². The topological polar surface area (TPSA) is 75.2 Å². The maximum atomic E-state index is 13.4. The van der Waals surface area contributed by atoms with Gasteiger partial charge in [-0.2, -0.15) is 4.98 Å². The molecule has 0 aliphatic carbocycles. The van der Waals surface area contributed by atoms with Crippen molar-refractivity contribution in [3.63, 3.8) is 0 Å². The Labute approximate surface area is 104 Å².